The highest BCUT2D eigenvalue weighted by atomic mass is 79.9. The Hall–Kier alpha value is -2.16. The van der Waals surface area contributed by atoms with Crippen LogP contribution in [-0.4, -0.2) is 0 Å². The van der Waals surface area contributed by atoms with E-state index < -0.39 is 0 Å². The second-order valence-electron chi connectivity index (χ2n) is 7.59. The molecule has 0 fully saturated rings. The molecule has 4 aromatic carbocycles. The first-order valence-electron chi connectivity index (χ1n) is 9.50. The Morgan fingerprint density at radius 3 is 1.32 bits per heavy atom. The predicted molar refractivity (Wildman–Crippen MR) is 123 cm³/mol. The van der Waals surface area contributed by atoms with Gasteiger partial charge in [0.15, 0.2) is 0 Å². The quantitative estimate of drug-likeness (QED) is 0.254. The Kier molecular flexibility index (Phi) is 3.69. The van der Waals surface area contributed by atoms with Crippen molar-refractivity contribution >= 4 is 31.9 Å². The van der Waals surface area contributed by atoms with Crippen LogP contribution in [0.3, 0.4) is 0 Å². The van der Waals surface area contributed by atoms with Crippen LogP contribution in [0.1, 0.15) is 34.1 Å². The average molecular weight is 488 g/mol. The molecule has 2 aliphatic rings. The predicted octanol–water partition coefficient (Wildman–Crippen LogP) is 8.14. The van der Waals surface area contributed by atoms with Crippen LogP contribution in [0.15, 0.2) is 93.9 Å². The van der Waals surface area contributed by atoms with Crippen LogP contribution < -0.4 is 0 Å². The Morgan fingerprint density at radius 1 is 0.429 bits per heavy atom. The molecule has 28 heavy (non-hydrogen) atoms. The summed E-state index contributed by atoms with van der Waals surface area (Å²) in [6.07, 6.45) is 0. The Morgan fingerprint density at radius 2 is 0.821 bits per heavy atom. The summed E-state index contributed by atoms with van der Waals surface area (Å²) in [5, 5.41) is 0. The molecule has 0 spiro atoms. The first-order chi connectivity index (χ1) is 13.7. The van der Waals surface area contributed by atoms with Crippen molar-refractivity contribution in [3.8, 4) is 22.3 Å². The van der Waals surface area contributed by atoms with E-state index in [4.69, 9.17) is 0 Å². The van der Waals surface area contributed by atoms with Gasteiger partial charge >= 0.3 is 0 Å². The Balaban J connectivity index is 1.68. The molecule has 4 aromatic rings. The van der Waals surface area contributed by atoms with Crippen molar-refractivity contribution in [1.29, 1.82) is 0 Å². The summed E-state index contributed by atoms with van der Waals surface area (Å²) in [5.41, 5.74) is 11.2. The fraction of sp³-hybridized carbons (Fsp3) is 0.0769. The summed E-state index contributed by atoms with van der Waals surface area (Å²) in [5.74, 6) is 0.640. The van der Waals surface area contributed by atoms with E-state index in [1.807, 2.05) is 0 Å². The minimum atomic E-state index is 0.310. The molecule has 0 saturated carbocycles. The molecule has 2 heteroatoms. The van der Waals surface area contributed by atoms with Gasteiger partial charge in [0.25, 0.3) is 0 Å². The van der Waals surface area contributed by atoms with Gasteiger partial charge in [-0.15, -0.1) is 0 Å². The summed E-state index contributed by atoms with van der Waals surface area (Å²) >= 11 is 7.43. The SMILES string of the molecule is Brc1ccc2c(c1)C(C1c3ccccc3-c3ccccc31)c1cc(Br)ccc1-2. The lowest BCUT2D eigenvalue weighted by Crippen LogP contribution is -2.10. The molecule has 0 N–H and O–H groups in total. The molecule has 0 aromatic heterocycles. The van der Waals surface area contributed by atoms with Gasteiger partial charge in [0, 0.05) is 20.8 Å². The lowest BCUT2D eigenvalue weighted by molar-refractivity contribution is 0.723. The van der Waals surface area contributed by atoms with Gasteiger partial charge in [-0.2, -0.15) is 0 Å². The summed E-state index contributed by atoms with van der Waals surface area (Å²) in [7, 11) is 0. The fourth-order valence-corrected chi connectivity index (χ4v) is 5.91. The molecule has 6 rings (SSSR count). The molecule has 0 saturated heterocycles. The largest absolute Gasteiger partial charge is 0.0619 e. The van der Waals surface area contributed by atoms with Crippen molar-refractivity contribution in [3.05, 3.63) is 116 Å². The summed E-state index contributed by atoms with van der Waals surface area (Å²) < 4.78 is 2.28. The van der Waals surface area contributed by atoms with Crippen LogP contribution >= 0.6 is 31.9 Å². The molecule has 0 bridgehead atoms. The Bertz CT molecular complexity index is 1160. The summed E-state index contributed by atoms with van der Waals surface area (Å²) in [6.45, 7) is 0. The van der Waals surface area contributed by atoms with Crippen LogP contribution in [0.5, 0.6) is 0 Å². The van der Waals surface area contributed by atoms with E-state index in [9.17, 15) is 0 Å². The lowest BCUT2D eigenvalue weighted by Gasteiger charge is -2.24. The normalized spacial score (nSPS) is 14.5. The highest BCUT2D eigenvalue weighted by Gasteiger charge is 2.40. The van der Waals surface area contributed by atoms with Gasteiger partial charge in [-0.25, -0.2) is 0 Å². The maximum atomic E-state index is 3.71. The van der Waals surface area contributed by atoms with Crippen LogP contribution in [0, 0.1) is 0 Å². The molecule has 0 aliphatic heterocycles. The lowest BCUT2D eigenvalue weighted by atomic mass is 9.78. The molecule has 134 valence electrons. The van der Waals surface area contributed by atoms with Crippen molar-refractivity contribution in [2.45, 2.75) is 11.8 Å². The van der Waals surface area contributed by atoms with Gasteiger partial charge in [-0.1, -0.05) is 92.5 Å². The van der Waals surface area contributed by atoms with Gasteiger partial charge in [0.05, 0.1) is 0 Å². The van der Waals surface area contributed by atoms with Crippen LogP contribution in [0.4, 0.5) is 0 Å². The zero-order valence-corrected chi connectivity index (χ0v) is 18.2. The van der Waals surface area contributed by atoms with Crippen LogP contribution in [0.25, 0.3) is 22.3 Å². The van der Waals surface area contributed by atoms with Gasteiger partial charge in [0.2, 0.25) is 0 Å². The zero-order chi connectivity index (χ0) is 18.8. The molecular formula is C26H16Br2. The third kappa shape index (κ3) is 2.28. The minimum absolute atomic E-state index is 0.310. The zero-order valence-electron chi connectivity index (χ0n) is 15.0. The van der Waals surface area contributed by atoms with Gasteiger partial charge < -0.3 is 0 Å². The number of hydrogen-bond acceptors (Lipinski definition) is 0. The fourth-order valence-electron chi connectivity index (χ4n) is 5.15. The number of fused-ring (bicyclic) bond motifs is 6. The number of hydrogen-bond donors (Lipinski definition) is 0. The first-order valence-corrected chi connectivity index (χ1v) is 11.1. The van der Waals surface area contributed by atoms with Crippen molar-refractivity contribution in [3.63, 3.8) is 0 Å². The molecule has 0 heterocycles. The van der Waals surface area contributed by atoms with Crippen LogP contribution in [-0.2, 0) is 0 Å². The average Bonchev–Trinajstić information content (AvgIpc) is 3.19. The topological polar surface area (TPSA) is 0 Å². The minimum Gasteiger partial charge on any atom is -0.0619 e. The highest BCUT2D eigenvalue weighted by molar-refractivity contribution is 9.10. The van der Waals surface area contributed by atoms with Crippen molar-refractivity contribution < 1.29 is 0 Å². The number of halogens is 2. The second-order valence-corrected chi connectivity index (χ2v) is 9.42. The molecule has 0 unspecified atom stereocenters. The molecule has 0 atom stereocenters. The van der Waals surface area contributed by atoms with E-state index in [2.05, 4.69) is 117 Å². The standard InChI is InChI=1S/C26H16Br2/c27-15-9-11-19-20-12-10-16(28)14-24(20)26(23(19)13-15)25-21-7-3-1-5-17(21)18-6-2-4-8-22(18)25/h1-14,25-26H. The first kappa shape index (κ1) is 16.8. The van der Waals surface area contributed by atoms with Crippen molar-refractivity contribution in [2.75, 3.05) is 0 Å². The molecule has 2 aliphatic carbocycles. The van der Waals surface area contributed by atoms with E-state index in [-0.39, 0.29) is 0 Å². The molecule has 0 nitrogen and oxygen atoms in total. The molecular weight excluding hydrogens is 472 g/mol. The van der Waals surface area contributed by atoms with E-state index >= 15 is 0 Å². The third-order valence-corrected chi connectivity index (χ3v) is 7.19. The van der Waals surface area contributed by atoms with E-state index in [1.54, 1.807) is 0 Å². The molecule has 0 amide bonds. The summed E-state index contributed by atoms with van der Waals surface area (Å²) in [6, 6.07) is 31.3. The van der Waals surface area contributed by atoms with Gasteiger partial charge in [-0.3, -0.25) is 0 Å². The van der Waals surface area contributed by atoms with E-state index in [0.717, 1.165) is 8.95 Å². The van der Waals surface area contributed by atoms with Gasteiger partial charge in [-0.05, 0) is 68.8 Å². The van der Waals surface area contributed by atoms with Crippen molar-refractivity contribution in [2.24, 2.45) is 0 Å². The highest BCUT2D eigenvalue weighted by Crippen LogP contribution is 2.58. The number of benzene rings is 4. The molecule has 0 radical (unpaired) electrons. The number of rotatable bonds is 1. The van der Waals surface area contributed by atoms with E-state index in [1.165, 1.54) is 44.5 Å². The van der Waals surface area contributed by atoms with Crippen LogP contribution in [0.2, 0.25) is 0 Å². The van der Waals surface area contributed by atoms with Crippen molar-refractivity contribution in [1.82, 2.24) is 0 Å². The summed E-state index contributed by atoms with van der Waals surface area (Å²) in [4.78, 5) is 0. The maximum absolute atomic E-state index is 3.71. The van der Waals surface area contributed by atoms with E-state index in [0.29, 0.717) is 11.8 Å². The third-order valence-electron chi connectivity index (χ3n) is 6.20. The second kappa shape index (κ2) is 6.17. The maximum Gasteiger partial charge on any atom is 0.0212 e. The Labute approximate surface area is 181 Å². The van der Waals surface area contributed by atoms with Gasteiger partial charge in [0.1, 0.15) is 0 Å². The monoisotopic (exact) mass is 486 g/mol. The smallest absolute Gasteiger partial charge is 0.0212 e.